The van der Waals surface area contributed by atoms with E-state index in [1.54, 1.807) is 0 Å². The summed E-state index contributed by atoms with van der Waals surface area (Å²) in [4.78, 5) is 0. The summed E-state index contributed by atoms with van der Waals surface area (Å²) in [5.41, 5.74) is 0.833. The van der Waals surface area contributed by atoms with Crippen molar-refractivity contribution in [1.82, 2.24) is 0 Å². The van der Waals surface area contributed by atoms with E-state index in [0.717, 1.165) is 0 Å². The van der Waals surface area contributed by atoms with E-state index in [-0.39, 0.29) is 0 Å². The Morgan fingerprint density at radius 2 is 1.46 bits per heavy atom. The van der Waals surface area contributed by atoms with Gasteiger partial charge < -0.3 is 0 Å². The van der Waals surface area contributed by atoms with Gasteiger partial charge >= 0.3 is 0 Å². The van der Waals surface area contributed by atoms with Gasteiger partial charge in [-0.1, -0.05) is 47.1 Å². The summed E-state index contributed by atoms with van der Waals surface area (Å²) >= 11 is 0. The number of hydrogen-bond acceptors (Lipinski definition) is 0. The zero-order chi connectivity index (χ0) is 10.5. The van der Waals surface area contributed by atoms with Crippen LogP contribution in [0, 0.1) is 10.8 Å². The molecule has 0 fully saturated rings. The Morgan fingerprint density at radius 3 is 1.69 bits per heavy atom. The lowest BCUT2D eigenvalue weighted by Crippen LogP contribution is -2.25. The van der Waals surface area contributed by atoms with Gasteiger partial charge in [-0.3, -0.25) is 0 Å². The van der Waals surface area contributed by atoms with Gasteiger partial charge in [-0.2, -0.15) is 0 Å². The van der Waals surface area contributed by atoms with E-state index in [1.165, 1.54) is 25.7 Å². The zero-order valence-corrected chi connectivity index (χ0v) is 10.1. The van der Waals surface area contributed by atoms with Crippen LogP contribution in [0.15, 0.2) is 12.7 Å². The maximum Gasteiger partial charge on any atom is -0.0121 e. The lowest BCUT2D eigenvalue weighted by molar-refractivity contribution is 0.187. The van der Waals surface area contributed by atoms with E-state index in [0.29, 0.717) is 10.8 Å². The fourth-order valence-electron chi connectivity index (χ4n) is 1.94. The Kier molecular flexibility index (Phi) is 4.74. The predicted molar refractivity (Wildman–Crippen MR) is 61.9 cm³/mol. The molecule has 0 unspecified atom stereocenters. The third kappa shape index (κ3) is 3.54. The molecular formula is C13H26. The molecule has 0 spiro atoms. The van der Waals surface area contributed by atoms with Crippen molar-refractivity contribution in [3.05, 3.63) is 12.7 Å². The molecule has 0 amide bonds. The van der Waals surface area contributed by atoms with E-state index in [1.807, 2.05) is 0 Å². The van der Waals surface area contributed by atoms with Gasteiger partial charge in [0.25, 0.3) is 0 Å². The van der Waals surface area contributed by atoms with E-state index in [9.17, 15) is 0 Å². The molecule has 0 rings (SSSR count). The first-order valence-electron chi connectivity index (χ1n) is 5.59. The molecule has 0 aliphatic rings. The molecule has 0 radical (unpaired) electrons. The Labute approximate surface area is 84.4 Å². The summed E-state index contributed by atoms with van der Waals surface area (Å²) < 4.78 is 0. The van der Waals surface area contributed by atoms with Gasteiger partial charge in [0.05, 0.1) is 0 Å². The van der Waals surface area contributed by atoms with Crippen LogP contribution in [0.5, 0.6) is 0 Å². The van der Waals surface area contributed by atoms with Crippen molar-refractivity contribution in [2.24, 2.45) is 10.8 Å². The molecule has 78 valence electrons. The van der Waals surface area contributed by atoms with Crippen molar-refractivity contribution in [2.75, 3.05) is 0 Å². The Balaban J connectivity index is 4.50. The Hall–Kier alpha value is -0.260. The van der Waals surface area contributed by atoms with Gasteiger partial charge in [0.15, 0.2) is 0 Å². The summed E-state index contributed by atoms with van der Waals surface area (Å²) in [7, 11) is 0. The molecule has 0 aromatic rings. The maximum absolute atomic E-state index is 3.99. The second kappa shape index (κ2) is 4.83. The van der Waals surface area contributed by atoms with Crippen molar-refractivity contribution in [2.45, 2.75) is 60.3 Å². The van der Waals surface area contributed by atoms with Gasteiger partial charge in [-0.25, -0.2) is 0 Å². The average molecular weight is 182 g/mol. The highest BCUT2D eigenvalue weighted by molar-refractivity contribution is 4.96. The average Bonchev–Trinajstić information content (AvgIpc) is 2.14. The monoisotopic (exact) mass is 182 g/mol. The van der Waals surface area contributed by atoms with Crippen molar-refractivity contribution in [3.63, 3.8) is 0 Å². The van der Waals surface area contributed by atoms with Gasteiger partial charge in [-0.05, 0) is 30.1 Å². The normalized spacial score (nSPS) is 13.0. The molecule has 0 saturated heterocycles. The first-order chi connectivity index (χ1) is 5.95. The molecule has 0 N–H and O–H groups in total. The number of allylic oxidation sites excluding steroid dienone is 1. The second-order valence-electron chi connectivity index (χ2n) is 4.97. The highest BCUT2D eigenvalue weighted by atomic mass is 14.3. The molecular weight excluding hydrogens is 156 g/mol. The quantitative estimate of drug-likeness (QED) is 0.517. The highest BCUT2D eigenvalue weighted by Gasteiger charge is 2.29. The standard InChI is InChI=1S/C13H26/c1-7-12(5,6)11-13(8-2,9-3)10-4/h8H,2,7,9-11H2,1,3-6H3. The minimum absolute atomic E-state index is 0.375. The Bertz CT molecular complexity index is 149. The topological polar surface area (TPSA) is 0 Å². The van der Waals surface area contributed by atoms with Gasteiger partial charge in [0.2, 0.25) is 0 Å². The van der Waals surface area contributed by atoms with Crippen LogP contribution in [-0.2, 0) is 0 Å². The highest BCUT2D eigenvalue weighted by Crippen LogP contribution is 2.41. The van der Waals surface area contributed by atoms with Crippen molar-refractivity contribution in [3.8, 4) is 0 Å². The molecule has 0 aliphatic heterocycles. The lowest BCUT2D eigenvalue weighted by Gasteiger charge is -2.36. The van der Waals surface area contributed by atoms with Crippen LogP contribution in [0.4, 0.5) is 0 Å². The van der Waals surface area contributed by atoms with Gasteiger partial charge in [0.1, 0.15) is 0 Å². The SMILES string of the molecule is C=CC(CC)(CC)CC(C)(C)CC. The number of hydrogen-bond donors (Lipinski definition) is 0. The molecule has 0 aliphatic carbocycles. The van der Waals surface area contributed by atoms with Crippen LogP contribution in [0.25, 0.3) is 0 Å². The van der Waals surface area contributed by atoms with E-state index in [4.69, 9.17) is 0 Å². The molecule has 0 atom stereocenters. The first kappa shape index (κ1) is 12.7. The zero-order valence-electron chi connectivity index (χ0n) is 10.1. The molecule has 0 bridgehead atoms. The van der Waals surface area contributed by atoms with Gasteiger partial charge in [-0.15, -0.1) is 6.58 Å². The lowest BCUT2D eigenvalue weighted by atomic mass is 9.69. The molecule has 0 aromatic heterocycles. The summed E-state index contributed by atoms with van der Waals surface area (Å²) in [5.74, 6) is 0. The van der Waals surface area contributed by atoms with Crippen LogP contribution in [-0.4, -0.2) is 0 Å². The van der Waals surface area contributed by atoms with Crippen molar-refractivity contribution < 1.29 is 0 Å². The van der Waals surface area contributed by atoms with E-state index < -0.39 is 0 Å². The largest absolute Gasteiger partial charge is 0.103 e. The molecule has 0 aromatic carbocycles. The number of rotatable bonds is 6. The van der Waals surface area contributed by atoms with Crippen LogP contribution in [0.2, 0.25) is 0 Å². The smallest absolute Gasteiger partial charge is 0.0121 e. The molecule has 0 heterocycles. The third-order valence-corrected chi connectivity index (χ3v) is 3.63. The van der Waals surface area contributed by atoms with E-state index >= 15 is 0 Å². The molecule has 0 nitrogen and oxygen atoms in total. The fourth-order valence-corrected chi connectivity index (χ4v) is 1.94. The minimum Gasteiger partial charge on any atom is -0.103 e. The van der Waals surface area contributed by atoms with Crippen LogP contribution >= 0.6 is 0 Å². The van der Waals surface area contributed by atoms with Gasteiger partial charge in [0, 0.05) is 0 Å². The van der Waals surface area contributed by atoms with Crippen LogP contribution in [0.3, 0.4) is 0 Å². The molecule has 0 saturated carbocycles. The van der Waals surface area contributed by atoms with Crippen LogP contribution < -0.4 is 0 Å². The summed E-state index contributed by atoms with van der Waals surface area (Å²) in [6.45, 7) is 15.5. The molecule has 0 heteroatoms. The molecule has 13 heavy (non-hydrogen) atoms. The maximum atomic E-state index is 3.99. The van der Waals surface area contributed by atoms with Crippen molar-refractivity contribution in [1.29, 1.82) is 0 Å². The summed E-state index contributed by atoms with van der Waals surface area (Å²) in [6, 6.07) is 0. The fraction of sp³-hybridized carbons (Fsp3) is 0.846. The van der Waals surface area contributed by atoms with Crippen molar-refractivity contribution >= 4 is 0 Å². The predicted octanol–water partition coefficient (Wildman–Crippen LogP) is 4.81. The summed E-state index contributed by atoms with van der Waals surface area (Å²) in [6.07, 6.45) is 7.13. The first-order valence-corrected chi connectivity index (χ1v) is 5.59. The third-order valence-electron chi connectivity index (χ3n) is 3.63. The van der Waals surface area contributed by atoms with Crippen LogP contribution in [0.1, 0.15) is 60.3 Å². The summed E-state index contributed by atoms with van der Waals surface area (Å²) in [5, 5.41) is 0. The minimum atomic E-state index is 0.375. The van der Waals surface area contributed by atoms with E-state index in [2.05, 4.69) is 47.3 Å². The Morgan fingerprint density at radius 1 is 1.00 bits per heavy atom. The second-order valence-corrected chi connectivity index (χ2v) is 4.97.